The normalized spacial score (nSPS) is 12.0. The van der Waals surface area contributed by atoms with Crippen molar-refractivity contribution in [1.29, 1.82) is 0 Å². The summed E-state index contributed by atoms with van der Waals surface area (Å²) < 4.78 is 11.1. The molecule has 0 radical (unpaired) electrons. The van der Waals surface area contributed by atoms with Gasteiger partial charge in [0.15, 0.2) is 0 Å². The van der Waals surface area contributed by atoms with Gasteiger partial charge >= 0.3 is 11.9 Å². The number of esters is 2. The van der Waals surface area contributed by atoms with E-state index in [1.54, 1.807) is 0 Å². The maximum absolute atomic E-state index is 12.3. The summed E-state index contributed by atoms with van der Waals surface area (Å²) >= 11 is 0. The molecule has 0 aromatic carbocycles. The van der Waals surface area contributed by atoms with Crippen molar-refractivity contribution in [3.05, 3.63) is 0 Å². The molecule has 44 heavy (non-hydrogen) atoms. The lowest BCUT2D eigenvalue weighted by Gasteiger charge is -2.17. The Bertz CT molecular complexity index is 597. The number of carbonyl (C=O) groups excluding carboxylic acids is 2. The molecule has 0 aliphatic heterocycles. The van der Waals surface area contributed by atoms with Gasteiger partial charge in [-0.15, -0.1) is 0 Å². The first-order valence-corrected chi connectivity index (χ1v) is 19.7. The molecule has 262 valence electrons. The average molecular weight is 624 g/mol. The zero-order valence-electron chi connectivity index (χ0n) is 30.0. The highest BCUT2D eigenvalue weighted by atomic mass is 16.5. The van der Waals surface area contributed by atoms with Gasteiger partial charge in [0.05, 0.1) is 19.8 Å². The fraction of sp³-hybridized carbons (Fsp3) is 0.949. The van der Waals surface area contributed by atoms with Crippen LogP contribution in [0, 0.1) is 5.92 Å². The second-order valence-electron chi connectivity index (χ2n) is 13.4. The van der Waals surface area contributed by atoms with Crippen molar-refractivity contribution in [2.45, 2.75) is 207 Å². The first-order chi connectivity index (χ1) is 21.6. The Labute approximate surface area is 275 Å². The van der Waals surface area contributed by atoms with E-state index in [1.807, 2.05) is 0 Å². The quantitative estimate of drug-likeness (QED) is 0.0555. The Morgan fingerprint density at radius 2 is 0.909 bits per heavy atom. The molecule has 5 heteroatoms. The first kappa shape index (κ1) is 42.9. The number of hydrogen-bond donors (Lipinski definition) is 1. The maximum Gasteiger partial charge on any atom is 0.319 e. The van der Waals surface area contributed by atoms with Crippen molar-refractivity contribution in [3.8, 4) is 0 Å². The molecule has 1 N–H and O–H groups in total. The van der Waals surface area contributed by atoms with Crippen molar-refractivity contribution < 1.29 is 19.1 Å². The molecule has 0 bridgehead atoms. The predicted octanol–water partition coefficient (Wildman–Crippen LogP) is 11.7. The Hall–Kier alpha value is -1.10. The number of carbonyl (C=O) groups is 2. The lowest BCUT2D eigenvalue weighted by atomic mass is 9.95. The zero-order chi connectivity index (χ0) is 32.2. The van der Waals surface area contributed by atoms with E-state index in [1.165, 1.54) is 141 Å². The molecular weight excluding hydrogens is 546 g/mol. The van der Waals surface area contributed by atoms with E-state index < -0.39 is 0 Å². The van der Waals surface area contributed by atoms with Crippen molar-refractivity contribution in [2.75, 3.05) is 26.3 Å². The molecule has 0 saturated heterocycles. The number of nitrogens with one attached hydrogen (secondary N) is 1. The van der Waals surface area contributed by atoms with E-state index in [4.69, 9.17) is 9.47 Å². The SMILES string of the molecule is CCCCCCCCCCCCCCOC(=O)CNCCCCCCC(=O)OCC(CCCCCC)CCCCCCCC. The van der Waals surface area contributed by atoms with E-state index in [9.17, 15) is 9.59 Å². The third kappa shape index (κ3) is 33.8. The second kappa shape index (κ2) is 36.4. The van der Waals surface area contributed by atoms with Crippen LogP contribution in [0.25, 0.3) is 0 Å². The Balaban J connectivity index is 3.62. The summed E-state index contributed by atoms with van der Waals surface area (Å²) in [5.74, 6) is 0.362. The van der Waals surface area contributed by atoms with Crippen LogP contribution in [0.5, 0.6) is 0 Å². The van der Waals surface area contributed by atoms with Crippen LogP contribution in [-0.2, 0) is 19.1 Å². The highest BCUT2D eigenvalue weighted by molar-refractivity contribution is 5.71. The van der Waals surface area contributed by atoms with Gasteiger partial charge in [-0.3, -0.25) is 9.59 Å². The van der Waals surface area contributed by atoms with Gasteiger partial charge in [0.2, 0.25) is 0 Å². The van der Waals surface area contributed by atoms with Crippen LogP contribution >= 0.6 is 0 Å². The topological polar surface area (TPSA) is 64.6 Å². The molecule has 1 atom stereocenters. The molecule has 0 heterocycles. The van der Waals surface area contributed by atoms with Crippen LogP contribution in [-0.4, -0.2) is 38.2 Å². The molecule has 0 rings (SSSR count). The Kier molecular flexibility index (Phi) is 35.5. The van der Waals surface area contributed by atoms with Crippen molar-refractivity contribution in [1.82, 2.24) is 5.32 Å². The van der Waals surface area contributed by atoms with E-state index in [0.717, 1.165) is 45.1 Å². The standard InChI is InChI=1S/C39H77NO4/c1-4-7-10-13-15-16-17-18-19-20-24-29-34-43-39(42)35-40-33-28-23-22-27-32-38(41)44-36-37(30-25-12-9-6-3)31-26-21-14-11-8-5-2/h37,40H,4-36H2,1-3H3. The summed E-state index contributed by atoms with van der Waals surface area (Å²) in [6.07, 6.45) is 35.7. The summed E-state index contributed by atoms with van der Waals surface area (Å²) in [4.78, 5) is 24.3. The first-order valence-electron chi connectivity index (χ1n) is 19.7. The number of rotatable bonds is 36. The largest absolute Gasteiger partial charge is 0.465 e. The van der Waals surface area contributed by atoms with Crippen LogP contribution < -0.4 is 5.32 Å². The lowest BCUT2D eigenvalue weighted by molar-refractivity contribution is -0.145. The van der Waals surface area contributed by atoms with Crippen molar-refractivity contribution in [2.24, 2.45) is 5.92 Å². The summed E-state index contributed by atoms with van der Waals surface area (Å²) in [5.41, 5.74) is 0. The minimum absolute atomic E-state index is 0.0273. The van der Waals surface area contributed by atoms with Crippen LogP contribution in [0.15, 0.2) is 0 Å². The van der Waals surface area contributed by atoms with Crippen LogP contribution in [0.2, 0.25) is 0 Å². The minimum Gasteiger partial charge on any atom is -0.465 e. The number of unbranched alkanes of at least 4 members (excludes halogenated alkanes) is 22. The van der Waals surface area contributed by atoms with E-state index in [-0.39, 0.29) is 11.9 Å². The van der Waals surface area contributed by atoms with Gasteiger partial charge in [-0.25, -0.2) is 0 Å². The van der Waals surface area contributed by atoms with E-state index in [2.05, 4.69) is 26.1 Å². The van der Waals surface area contributed by atoms with Gasteiger partial charge < -0.3 is 14.8 Å². The monoisotopic (exact) mass is 624 g/mol. The molecule has 0 aromatic heterocycles. The van der Waals surface area contributed by atoms with Gasteiger partial charge in [-0.2, -0.15) is 0 Å². The molecular formula is C39H77NO4. The molecule has 0 amide bonds. The van der Waals surface area contributed by atoms with Gasteiger partial charge in [-0.1, -0.05) is 168 Å². The average Bonchev–Trinajstić information content (AvgIpc) is 3.02. The third-order valence-corrected chi connectivity index (χ3v) is 8.93. The molecule has 5 nitrogen and oxygen atoms in total. The summed E-state index contributed by atoms with van der Waals surface area (Å²) in [7, 11) is 0. The van der Waals surface area contributed by atoms with E-state index in [0.29, 0.717) is 32.1 Å². The van der Waals surface area contributed by atoms with E-state index >= 15 is 0 Å². The molecule has 0 aromatic rings. The van der Waals surface area contributed by atoms with Crippen LogP contribution in [0.1, 0.15) is 207 Å². The van der Waals surface area contributed by atoms with Crippen molar-refractivity contribution >= 4 is 11.9 Å². The van der Waals surface area contributed by atoms with Crippen LogP contribution in [0.3, 0.4) is 0 Å². The fourth-order valence-corrected chi connectivity index (χ4v) is 5.91. The highest BCUT2D eigenvalue weighted by Gasteiger charge is 2.12. The predicted molar refractivity (Wildman–Crippen MR) is 189 cm³/mol. The van der Waals surface area contributed by atoms with Gasteiger partial charge in [0, 0.05) is 6.42 Å². The summed E-state index contributed by atoms with van der Waals surface area (Å²) in [6, 6.07) is 0. The van der Waals surface area contributed by atoms with Gasteiger partial charge in [0.1, 0.15) is 0 Å². The summed E-state index contributed by atoms with van der Waals surface area (Å²) in [5, 5.41) is 3.20. The maximum atomic E-state index is 12.3. The zero-order valence-corrected chi connectivity index (χ0v) is 30.0. The molecule has 1 unspecified atom stereocenters. The summed E-state index contributed by atoms with van der Waals surface area (Å²) in [6.45, 7) is 9.06. The van der Waals surface area contributed by atoms with Gasteiger partial charge in [0.25, 0.3) is 0 Å². The lowest BCUT2D eigenvalue weighted by Crippen LogP contribution is -2.25. The highest BCUT2D eigenvalue weighted by Crippen LogP contribution is 2.20. The molecule has 0 saturated carbocycles. The van der Waals surface area contributed by atoms with Crippen molar-refractivity contribution in [3.63, 3.8) is 0 Å². The molecule has 0 spiro atoms. The minimum atomic E-state index is -0.143. The second-order valence-corrected chi connectivity index (χ2v) is 13.4. The fourth-order valence-electron chi connectivity index (χ4n) is 5.91. The number of ether oxygens (including phenoxy) is 2. The van der Waals surface area contributed by atoms with Gasteiger partial charge in [-0.05, 0) is 44.6 Å². The molecule has 0 fully saturated rings. The Morgan fingerprint density at radius 3 is 1.45 bits per heavy atom. The molecule has 0 aliphatic carbocycles. The smallest absolute Gasteiger partial charge is 0.319 e. The number of hydrogen-bond acceptors (Lipinski definition) is 5. The van der Waals surface area contributed by atoms with Crippen LogP contribution in [0.4, 0.5) is 0 Å². The third-order valence-electron chi connectivity index (χ3n) is 8.93. The Morgan fingerprint density at radius 1 is 0.477 bits per heavy atom. The molecule has 0 aliphatic rings.